The topological polar surface area (TPSA) is 75.6 Å². The quantitative estimate of drug-likeness (QED) is 0.682. The highest BCUT2D eigenvalue weighted by Gasteiger charge is 2.27. The molecule has 0 spiro atoms. The molecule has 0 radical (unpaired) electrons. The fraction of sp³-hybridized carbons (Fsp3) is 0.625. The number of hydrogen-bond donors (Lipinski definition) is 1. The van der Waals surface area contributed by atoms with E-state index in [0.29, 0.717) is 12.1 Å². The van der Waals surface area contributed by atoms with E-state index in [4.69, 9.17) is 5.73 Å². The van der Waals surface area contributed by atoms with Crippen molar-refractivity contribution in [3.05, 3.63) is 34.4 Å². The number of rotatable bonds is 3. The van der Waals surface area contributed by atoms with E-state index >= 15 is 0 Å². The number of piperazine rings is 1. The van der Waals surface area contributed by atoms with Crippen LogP contribution in [0.15, 0.2) is 24.3 Å². The Hall–Kier alpha value is -1.66. The molecule has 3 rings (SSSR count). The van der Waals surface area contributed by atoms with Crippen LogP contribution < -0.4 is 10.6 Å². The molecule has 6 nitrogen and oxygen atoms in total. The fourth-order valence-corrected chi connectivity index (χ4v) is 3.60. The third-order valence-electron chi connectivity index (χ3n) is 5.00. The van der Waals surface area contributed by atoms with Gasteiger partial charge in [-0.3, -0.25) is 15.0 Å². The highest BCUT2D eigenvalue weighted by molar-refractivity contribution is 5.51. The lowest BCUT2D eigenvalue weighted by Gasteiger charge is -2.42. The molecule has 1 aromatic carbocycles. The molecular formula is C16H24N4O2. The SMILES string of the molecule is NC1CCC(N2CCN(c3ccc([N+](=O)[O-])cc3)CC2)CC1. The molecule has 1 aliphatic heterocycles. The number of nitrogens with zero attached hydrogens (tertiary/aromatic N) is 3. The summed E-state index contributed by atoms with van der Waals surface area (Å²) in [7, 11) is 0. The predicted molar refractivity (Wildman–Crippen MR) is 87.1 cm³/mol. The zero-order valence-corrected chi connectivity index (χ0v) is 12.9. The molecule has 1 aliphatic carbocycles. The lowest BCUT2D eigenvalue weighted by molar-refractivity contribution is -0.384. The first-order valence-corrected chi connectivity index (χ1v) is 8.12. The molecule has 22 heavy (non-hydrogen) atoms. The lowest BCUT2D eigenvalue weighted by Crippen LogP contribution is -2.51. The van der Waals surface area contributed by atoms with Gasteiger partial charge >= 0.3 is 0 Å². The van der Waals surface area contributed by atoms with Gasteiger partial charge in [0.1, 0.15) is 0 Å². The van der Waals surface area contributed by atoms with Crippen LogP contribution >= 0.6 is 0 Å². The Kier molecular flexibility index (Phi) is 4.59. The number of non-ortho nitro benzene ring substituents is 1. The van der Waals surface area contributed by atoms with E-state index < -0.39 is 0 Å². The van der Waals surface area contributed by atoms with Gasteiger partial charge in [0.2, 0.25) is 0 Å². The summed E-state index contributed by atoms with van der Waals surface area (Å²) in [6, 6.07) is 7.98. The summed E-state index contributed by atoms with van der Waals surface area (Å²) >= 11 is 0. The fourth-order valence-electron chi connectivity index (χ4n) is 3.60. The van der Waals surface area contributed by atoms with Gasteiger partial charge in [0.15, 0.2) is 0 Å². The summed E-state index contributed by atoms with van der Waals surface area (Å²) in [5, 5.41) is 10.7. The molecule has 0 aromatic heterocycles. The van der Waals surface area contributed by atoms with Gasteiger partial charge in [-0.25, -0.2) is 0 Å². The average Bonchev–Trinajstić information content (AvgIpc) is 2.56. The van der Waals surface area contributed by atoms with Gasteiger partial charge in [-0.1, -0.05) is 0 Å². The number of benzene rings is 1. The standard InChI is InChI=1S/C16H24N4O2/c17-13-1-3-14(4-2-13)18-9-11-19(12-10-18)15-5-7-16(8-6-15)20(21)22/h5-8,13-14H,1-4,9-12,17H2. The van der Waals surface area contributed by atoms with Gasteiger partial charge in [0, 0.05) is 56.1 Å². The number of nitrogens with two attached hydrogens (primary N) is 1. The van der Waals surface area contributed by atoms with E-state index in [1.807, 2.05) is 12.1 Å². The molecule has 1 saturated heterocycles. The van der Waals surface area contributed by atoms with Gasteiger partial charge < -0.3 is 10.6 Å². The van der Waals surface area contributed by atoms with Gasteiger partial charge in [-0.15, -0.1) is 0 Å². The van der Waals surface area contributed by atoms with Gasteiger partial charge in [0.05, 0.1) is 4.92 Å². The van der Waals surface area contributed by atoms with E-state index in [1.54, 1.807) is 12.1 Å². The summed E-state index contributed by atoms with van der Waals surface area (Å²) in [5.41, 5.74) is 7.22. The van der Waals surface area contributed by atoms with Crippen LogP contribution in [0.3, 0.4) is 0 Å². The van der Waals surface area contributed by atoms with Gasteiger partial charge in [-0.05, 0) is 37.8 Å². The Morgan fingerprint density at radius 1 is 1.00 bits per heavy atom. The molecule has 1 saturated carbocycles. The molecule has 120 valence electrons. The molecule has 1 heterocycles. The minimum Gasteiger partial charge on any atom is -0.369 e. The molecule has 6 heteroatoms. The first kappa shape index (κ1) is 15.2. The maximum absolute atomic E-state index is 10.7. The van der Waals surface area contributed by atoms with Crippen molar-refractivity contribution in [2.45, 2.75) is 37.8 Å². The van der Waals surface area contributed by atoms with E-state index in [2.05, 4.69) is 9.80 Å². The summed E-state index contributed by atoms with van der Waals surface area (Å²) < 4.78 is 0. The summed E-state index contributed by atoms with van der Waals surface area (Å²) in [4.78, 5) is 15.3. The van der Waals surface area contributed by atoms with Crippen molar-refractivity contribution in [1.29, 1.82) is 0 Å². The Labute approximate surface area is 131 Å². The molecule has 2 aliphatic rings. The number of hydrogen-bond acceptors (Lipinski definition) is 5. The lowest BCUT2D eigenvalue weighted by atomic mass is 9.90. The van der Waals surface area contributed by atoms with Crippen LogP contribution in [0.5, 0.6) is 0 Å². The second kappa shape index (κ2) is 6.62. The third-order valence-corrected chi connectivity index (χ3v) is 5.00. The molecular weight excluding hydrogens is 280 g/mol. The van der Waals surface area contributed by atoms with E-state index in [-0.39, 0.29) is 10.6 Å². The van der Waals surface area contributed by atoms with E-state index in [0.717, 1.165) is 44.7 Å². The minimum atomic E-state index is -0.352. The van der Waals surface area contributed by atoms with Crippen molar-refractivity contribution in [2.75, 3.05) is 31.1 Å². The maximum Gasteiger partial charge on any atom is 0.269 e. The summed E-state index contributed by atoms with van der Waals surface area (Å²) in [6.07, 6.45) is 4.73. The Morgan fingerprint density at radius 3 is 2.14 bits per heavy atom. The Balaban J connectivity index is 1.54. The normalized spacial score (nSPS) is 26.9. The Morgan fingerprint density at radius 2 is 1.59 bits per heavy atom. The molecule has 2 N–H and O–H groups in total. The van der Waals surface area contributed by atoms with Crippen molar-refractivity contribution in [2.24, 2.45) is 5.73 Å². The highest BCUT2D eigenvalue weighted by Crippen LogP contribution is 2.25. The first-order chi connectivity index (χ1) is 10.6. The van der Waals surface area contributed by atoms with Gasteiger partial charge in [-0.2, -0.15) is 0 Å². The van der Waals surface area contributed by atoms with Gasteiger partial charge in [0.25, 0.3) is 5.69 Å². The smallest absolute Gasteiger partial charge is 0.269 e. The minimum absolute atomic E-state index is 0.154. The van der Waals surface area contributed by atoms with Crippen LogP contribution in [-0.2, 0) is 0 Å². The molecule has 0 amide bonds. The van der Waals surface area contributed by atoms with Crippen LogP contribution in [0.2, 0.25) is 0 Å². The molecule has 0 atom stereocenters. The monoisotopic (exact) mass is 304 g/mol. The van der Waals surface area contributed by atoms with Crippen LogP contribution in [0.1, 0.15) is 25.7 Å². The van der Waals surface area contributed by atoms with Crippen LogP contribution in [0.25, 0.3) is 0 Å². The van der Waals surface area contributed by atoms with Crippen molar-refractivity contribution in [3.8, 4) is 0 Å². The van der Waals surface area contributed by atoms with Crippen LogP contribution in [0.4, 0.5) is 11.4 Å². The number of nitro groups is 1. The third kappa shape index (κ3) is 3.39. The summed E-state index contributed by atoms with van der Waals surface area (Å²) in [5.74, 6) is 0. The highest BCUT2D eigenvalue weighted by atomic mass is 16.6. The first-order valence-electron chi connectivity index (χ1n) is 8.12. The second-order valence-electron chi connectivity index (χ2n) is 6.37. The zero-order chi connectivity index (χ0) is 15.5. The van der Waals surface area contributed by atoms with E-state index in [1.165, 1.54) is 12.8 Å². The Bertz CT molecular complexity index is 503. The molecule has 2 fully saturated rings. The summed E-state index contributed by atoms with van der Waals surface area (Å²) in [6.45, 7) is 4.11. The van der Waals surface area contributed by atoms with Crippen molar-refractivity contribution < 1.29 is 4.92 Å². The van der Waals surface area contributed by atoms with Crippen LogP contribution in [0, 0.1) is 10.1 Å². The average molecular weight is 304 g/mol. The maximum atomic E-state index is 10.7. The van der Waals surface area contributed by atoms with E-state index in [9.17, 15) is 10.1 Å². The molecule has 0 unspecified atom stereocenters. The zero-order valence-electron chi connectivity index (χ0n) is 12.9. The largest absolute Gasteiger partial charge is 0.369 e. The number of nitro benzene ring substituents is 1. The second-order valence-corrected chi connectivity index (χ2v) is 6.37. The number of anilines is 1. The molecule has 1 aromatic rings. The molecule has 0 bridgehead atoms. The predicted octanol–water partition coefficient (Wildman–Crippen LogP) is 1.99. The van der Waals surface area contributed by atoms with Crippen molar-refractivity contribution in [3.63, 3.8) is 0 Å². The van der Waals surface area contributed by atoms with Crippen molar-refractivity contribution >= 4 is 11.4 Å². The van der Waals surface area contributed by atoms with Crippen molar-refractivity contribution in [1.82, 2.24) is 4.90 Å². The van der Waals surface area contributed by atoms with Crippen LogP contribution in [-0.4, -0.2) is 48.1 Å².